The van der Waals surface area contributed by atoms with E-state index in [2.05, 4.69) is 0 Å². The third-order valence-corrected chi connectivity index (χ3v) is 2.44. The highest BCUT2D eigenvalue weighted by Gasteiger charge is 2.22. The summed E-state index contributed by atoms with van der Waals surface area (Å²) in [6.07, 6.45) is -0.808. The molecule has 6 nitrogen and oxygen atoms in total. The van der Waals surface area contributed by atoms with Gasteiger partial charge in [0, 0.05) is 16.7 Å². The Kier molecular flexibility index (Phi) is 4.03. The molecule has 0 aliphatic carbocycles. The molecule has 1 rings (SSSR count). The molecule has 0 aliphatic rings. The summed E-state index contributed by atoms with van der Waals surface area (Å²) in [5, 5.41) is 18.6. The van der Waals surface area contributed by atoms with Gasteiger partial charge < -0.3 is 5.11 Å². The molecule has 90 valence electrons. The van der Waals surface area contributed by atoms with Gasteiger partial charge in [0.15, 0.2) is 5.78 Å². The van der Waals surface area contributed by atoms with Crippen molar-refractivity contribution in [1.29, 1.82) is 0 Å². The summed E-state index contributed by atoms with van der Waals surface area (Å²) >= 11 is 11.2. The summed E-state index contributed by atoms with van der Waals surface area (Å²) in [5.74, 6) is -2.19. The van der Waals surface area contributed by atoms with E-state index in [1.165, 1.54) is 0 Å². The fourth-order valence-corrected chi connectivity index (χ4v) is 1.64. The second kappa shape index (κ2) is 5.11. The largest absolute Gasteiger partial charge is 0.481 e. The van der Waals surface area contributed by atoms with Gasteiger partial charge in [-0.3, -0.25) is 19.7 Å². The van der Waals surface area contributed by atoms with E-state index in [0.717, 1.165) is 12.1 Å². The second-order valence-corrected chi connectivity index (χ2v) is 3.85. The van der Waals surface area contributed by atoms with Crippen LogP contribution in [0.1, 0.15) is 16.8 Å². The molecular weight excluding hydrogens is 273 g/mol. The van der Waals surface area contributed by atoms with Crippen molar-refractivity contribution < 1.29 is 19.6 Å². The van der Waals surface area contributed by atoms with Crippen molar-refractivity contribution in [3.63, 3.8) is 0 Å². The predicted molar refractivity (Wildman–Crippen MR) is 59.7 cm³/mol. The number of carboxylic acid groups (broad SMARTS) is 1. The van der Waals surface area contributed by atoms with Crippen LogP contribution < -0.4 is 0 Å². The Bertz CT molecular complexity index is 514. The summed E-state index contributed by atoms with van der Waals surface area (Å²) in [7, 11) is 0. The Morgan fingerprint density at radius 2 is 1.94 bits per heavy atom. The van der Waals surface area contributed by atoms with Gasteiger partial charge in [-0.2, -0.15) is 0 Å². The number of nitro benzene ring substituents is 1. The van der Waals surface area contributed by atoms with Gasteiger partial charge in [0.05, 0.1) is 4.92 Å². The minimum Gasteiger partial charge on any atom is -0.481 e. The van der Waals surface area contributed by atoms with Crippen LogP contribution in [0, 0.1) is 10.1 Å². The number of rotatable bonds is 4. The lowest BCUT2D eigenvalue weighted by atomic mass is 10.1. The van der Waals surface area contributed by atoms with Crippen LogP contribution in [0.4, 0.5) is 5.69 Å². The molecule has 0 atom stereocenters. The highest BCUT2D eigenvalue weighted by Crippen LogP contribution is 2.32. The molecule has 0 spiro atoms. The van der Waals surface area contributed by atoms with Crippen LogP contribution in [-0.4, -0.2) is 21.8 Å². The number of carbonyl (C=O) groups is 2. The summed E-state index contributed by atoms with van der Waals surface area (Å²) in [4.78, 5) is 31.6. The lowest BCUT2D eigenvalue weighted by Gasteiger charge is -2.03. The average molecular weight is 278 g/mol. The van der Waals surface area contributed by atoms with E-state index < -0.39 is 33.8 Å². The monoisotopic (exact) mass is 277 g/mol. The number of hydrogen-bond donors (Lipinski definition) is 1. The number of benzene rings is 1. The zero-order valence-corrected chi connectivity index (χ0v) is 9.66. The van der Waals surface area contributed by atoms with E-state index >= 15 is 0 Å². The molecule has 0 radical (unpaired) electrons. The summed E-state index contributed by atoms with van der Waals surface area (Å²) < 4.78 is 0. The first kappa shape index (κ1) is 13.4. The molecule has 17 heavy (non-hydrogen) atoms. The van der Waals surface area contributed by atoms with Crippen molar-refractivity contribution in [2.24, 2.45) is 0 Å². The fourth-order valence-electron chi connectivity index (χ4n) is 1.14. The Labute approximate surface area is 105 Å². The lowest BCUT2D eigenvalue weighted by Crippen LogP contribution is -2.08. The number of aliphatic carboxylic acids is 1. The number of carbonyl (C=O) groups excluding carboxylic acids is 1. The van der Waals surface area contributed by atoms with Gasteiger partial charge >= 0.3 is 5.97 Å². The summed E-state index contributed by atoms with van der Waals surface area (Å²) in [5.41, 5.74) is -0.804. The van der Waals surface area contributed by atoms with Gasteiger partial charge in [0.25, 0.3) is 5.69 Å². The van der Waals surface area contributed by atoms with E-state index in [1.54, 1.807) is 0 Å². The normalized spacial score (nSPS) is 10.0. The van der Waals surface area contributed by atoms with Crippen LogP contribution >= 0.6 is 23.2 Å². The van der Waals surface area contributed by atoms with Crippen LogP contribution in [0.15, 0.2) is 12.1 Å². The number of nitrogens with zero attached hydrogens (tertiary/aromatic N) is 1. The molecule has 1 aromatic rings. The fraction of sp³-hybridized carbons (Fsp3) is 0.111. The van der Waals surface area contributed by atoms with Gasteiger partial charge in [-0.05, 0) is 6.07 Å². The van der Waals surface area contributed by atoms with Gasteiger partial charge in [0.2, 0.25) is 0 Å². The van der Waals surface area contributed by atoms with Gasteiger partial charge in [-0.1, -0.05) is 23.2 Å². The van der Waals surface area contributed by atoms with Crippen LogP contribution in [0.3, 0.4) is 0 Å². The van der Waals surface area contributed by atoms with Gasteiger partial charge in [0.1, 0.15) is 11.4 Å². The van der Waals surface area contributed by atoms with E-state index in [9.17, 15) is 19.7 Å². The zero-order chi connectivity index (χ0) is 13.2. The third-order valence-electron chi connectivity index (χ3n) is 1.83. The molecule has 0 bridgehead atoms. The van der Waals surface area contributed by atoms with Crippen molar-refractivity contribution in [3.05, 3.63) is 37.9 Å². The molecule has 1 N–H and O–H groups in total. The maximum atomic E-state index is 11.5. The van der Waals surface area contributed by atoms with E-state index in [-0.39, 0.29) is 10.6 Å². The number of carboxylic acids is 1. The van der Waals surface area contributed by atoms with Crippen LogP contribution in [0.25, 0.3) is 0 Å². The van der Waals surface area contributed by atoms with E-state index in [1.807, 2.05) is 0 Å². The Hall–Kier alpha value is -1.66. The van der Waals surface area contributed by atoms with Crippen LogP contribution in [0.2, 0.25) is 10.0 Å². The highest BCUT2D eigenvalue weighted by molar-refractivity contribution is 6.38. The van der Waals surface area contributed by atoms with Crippen molar-refractivity contribution in [2.75, 3.05) is 0 Å². The highest BCUT2D eigenvalue weighted by atomic mass is 35.5. The first-order chi connectivity index (χ1) is 7.82. The van der Waals surface area contributed by atoms with Gasteiger partial charge in [-0.15, -0.1) is 0 Å². The van der Waals surface area contributed by atoms with Crippen molar-refractivity contribution in [3.8, 4) is 0 Å². The molecule has 0 heterocycles. The van der Waals surface area contributed by atoms with Crippen molar-refractivity contribution in [2.45, 2.75) is 6.42 Å². The lowest BCUT2D eigenvalue weighted by molar-refractivity contribution is -0.384. The predicted octanol–water partition coefficient (Wildman–Crippen LogP) is 2.56. The Balaban J connectivity index is 3.29. The maximum Gasteiger partial charge on any atom is 0.311 e. The number of ketones is 1. The maximum absolute atomic E-state index is 11.5. The molecular formula is C9H5Cl2NO5. The van der Waals surface area contributed by atoms with Crippen molar-refractivity contribution >= 4 is 40.6 Å². The van der Waals surface area contributed by atoms with E-state index in [0.29, 0.717) is 0 Å². The topological polar surface area (TPSA) is 97.5 Å². The smallest absolute Gasteiger partial charge is 0.311 e. The zero-order valence-electron chi connectivity index (χ0n) is 8.15. The minimum atomic E-state index is -1.35. The molecule has 8 heteroatoms. The summed E-state index contributed by atoms with van der Waals surface area (Å²) in [6.45, 7) is 0. The first-order valence-electron chi connectivity index (χ1n) is 4.21. The molecule has 0 fully saturated rings. The molecule has 0 amide bonds. The standard InChI is InChI=1S/C9H5Cl2NO5/c10-4-1-5(7(13)3-8(14)15)9(11)6(2-4)12(16)17/h1-2H,3H2,(H,14,15). The first-order valence-corrected chi connectivity index (χ1v) is 4.97. The third kappa shape index (κ3) is 3.15. The van der Waals surface area contributed by atoms with Gasteiger partial charge in [-0.25, -0.2) is 0 Å². The van der Waals surface area contributed by atoms with E-state index in [4.69, 9.17) is 28.3 Å². The second-order valence-electron chi connectivity index (χ2n) is 3.04. The number of Topliss-reactive ketones (excluding diaryl/α,β-unsaturated/α-hetero) is 1. The molecule has 0 aromatic heterocycles. The van der Waals surface area contributed by atoms with Crippen molar-refractivity contribution in [1.82, 2.24) is 0 Å². The molecule has 0 saturated carbocycles. The molecule has 0 saturated heterocycles. The quantitative estimate of drug-likeness (QED) is 0.395. The molecule has 0 aliphatic heterocycles. The Morgan fingerprint density at radius 3 is 2.41 bits per heavy atom. The SMILES string of the molecule is O=C(O)CC(=O)c1cc(Cl)cc([N+](=O)[O-])c1Cl. The molecule has 0 unspecified atom stereocenters. The Morgan fingerprint density at radius 1 is 1.35 bits per heavy atom. The average Bonchev–Trinajstić information content (AvgIpc) is 2.19. The summed E-state index contributed by atoms with van der Waals surface area (Å²) in [6, 6.07) is 2.09. The van der Waals surface area contributed by atoms with Crippen LogP contribution in [-0.2, 0) is 4.79 Å². The number of halogens is 2. The minimum absolute atomic E-state index is 0.0603. The number of hydrogen-bond acceptors (Lipinski definition) is 4. The molecule has 1 aromatic carbocycles. The van der Waals surface area contributed by atoms with Crippen LogP contribution in [0.5, 0.6) is 0 Å². The number of nitro groups is 1.